The van der Waals surface area contributed by atoms with Gasteiger partial charge < -0.3 is 10.2 Å². The third-order valence-electron chi connectivity index (χ3n) is 5.01. The molecule has 2 aromatic rings. The van der Waals surface area contributed by atoms with Crippen molar-refractivity contribution in [3.8, 4) is 22.5 Å². The van der Waals surface area contributed by atoms with Gasteiger partial charge in [-0.25, -0.2) is 4.99 Å². The van der Waals surface area contributed by atoms with Crippen LogP contribution < -0.4 is 11.1 Å². The van der Waals surface area contributed by atoms with E-state index in [1.807, 2.05) is 61.5 Å². The third kappa shape index (κ3) is 4.86. The summed E-state index contributed by atoms with van der Waals surface area (Å²) in [5.74, 6) is 1.60. The van der Waals surface area contributed by atoms with Crippen LogP contribution in [0.15, 0.2) is 76.1 Å². The van der Waals surface area contributed by atoms with Gasteiger partial charge in [0.1, 0.15) is 17.1 Å². The molecule has 1 aliphatic carbocycles. The van der Waals surface area contributed by atoms with Crippen LogP contribution in [0.4, 0.5) is 5.69 Å². The Balaban J connectivity index is 1.78. The van der Waals surface area contributed by atoms with E-state index in [2.05, 4.69) is 17.1 Å². The normalized spacial score (nSPS) is 11.8. The molecule has 2 N–H and O–H groups in total. The van der Waals surface area contributed by atoms with Crippen LogP contribution in [0.25, 0.3) is 33.4 Å². The average molecular weight is 447 g/mol. The summed E-state index contributed by atoms with van der Waals surface area (Å²) in [6.07, 6.45) is 1.07. The van der Waals surface area contributed by atoms with Crippen LogP contribution in [0.2, 0.25) is 0 Å². The summed E-state index contributed by atoms with van der Waals surface area (Å²) in [6.45, 7) is 1.87. The number of nitrogens with two attached hydrogens (primary N) is 1. The van der Waals surface area contributed by atoms with Gasteiger partial charge in [-0.2, -0.15) is 0 Å². The van der Waals surface area contributed by atoms with Gasteiger partial charge in [0.05, 0.1) is 5.36 Å². The fourth-order valence-electron chi connectivity index (χ4n) is 3.45. The topological polar surface area (TPSA) is 68.6 Å². The fourth-order valence-corrected chi connectivity index (χ4v) is 4.48. The Labute approximate surface area is 190 Å². The highest BCUT2D eigenvalue weighted by molar-refractivity contribution is 8.23. The summed E-state index contributed by atoms with van der Waals surface area (Å²) >= 11 is 6.80. The highest BCUT2D eigenvalue weighted by Crippen LogP contribution is 2.40. The molecule has 0 atom stereocenters. The first-order valence-corrected chi connectivity index (χ1v) is 11.5. The lowest BCUT2D eigenvalue weighted by Gasteiger charge is -2.15. The maximum atomic E-state index is 11.5. The Morgan fingerprint density at radius 3 is 2.68 bits per heavy atom. The zero-order valence-electron chi connectivity index (χ0n) is 17.1. The lowest BCUT2D eigenvalue weighted by Crippen LogP contribution is -2.06. The van der Waals surface area contributed by atoms with E-state index in [0.717, 1.165) is 33.0 Å². The van der Waals surface area contributed by atoms with Crippen LogP contribution in [-0.2, 0) is 4.79 Å². The van der Waals surface area contributed by atoms with E-state index in [1.54, 1.807) is 0 Å². The first kappa shape index (κ1) is 21.3. The van der Waals surface area contributed by atoms with E-state index >= 15 is 0 Å². The molecule has 0 fully saturated rings. The summed E-state index contributed by atoms with van der Waals surface area (Å²) in [6, 6.07) is 21.8. The zero-order chi connectivity index (χ0) is 21.8. The molecule has 156 valence electrons. The number of Topliss-reactive ketones (excluding diaryl/α,β-unsaturated/α-hetero) is 1. The molecular formula is C25H22N2O2S2. The van der Waals surface area contributed by atoms with Crippen molar-refractivity contribution in [1.29, 1.82) is 0 Å². The predicted octanol–water partition coefficient (Wildman–Crippen LogP) is 6.07. The number of carbonyl (C=O) groups is 1. The number of thiocarbonyl (C=S) groups is 1. The molecule has 0 bridgehead atoms. The van der Waals surface area contributed by atoms with Crippen molar-refractivity contribution in [2.75, 3.05) is 11.5 Å². The summed E-state index contributed by atoms with van der Waals surface area (Å²) in [5.41, 5.74) is 10.6. The minimum absolute atomic E-state index is 0.236. The highest BCUT2D eigenvalue weighted by Gasteiger charge is 2.17. The molecule has 6 heteroatoms. The van der Waals surface area contributed by atoms with Crippen LogP contribution in [-0.4, -0.2) is 15.9 Å². The number of thioether (sulfide) groups is 1. The molecule has 0 amide bonds. The van der Waals surface area contributed by atoms with Crippen molar-refractivity contribution in [2.24, 2.45) is 4.99 Å². The minimum atomic E-state index is 0.236. The van der Waals surface area contributed by atoms with Gasteiger partial charge in [0.2, 0.25) is 0 Å². The minimum Gasteiger partial charge on any atom is -0.456 e. The Bertz CT molecular complexity index is 1300. The predicted molar refractivity (Wildman–Crippen MR) is 133 cm³/mol. The van der Waals surface area contributed by atoms with Gasteiger partial charge in [0.15, 0.2) is 4.32 Å². The molecule has 0 saturated heterocycles. The van der Waals surface area contributed by atoms with Crippen LogP contribution in [0, 0.1) is 0 Å². The van der Waals surface area contributed by atoms with Crippen molar-refractivity contribution in [3.05, 3.63) is 72.1 Å². The molecule has 1 aliphatic heterocycles. The van der Waals surface area contributed by atoms with Gasteiger partial charge in [0, 0.05) is 52.9 Å². The number of benzene rings is 3. The second-order valence-electron chi connectivity index (χ2n) is 7.15. The van der Waals surface area contributed by atoms with Gasteiger partial charge in [0.25, 0.3) is 0 Å². The average Bonchev–Trinajstić information content (AvgIpc) is 2.77. The number of carbonyl (C=O) groups excluding carboxylic acids is 1. The van der Waals surface area contributed by atoms with Gasteiger partial charge in [-0.05, 0) is 29.8 Å². The standard InChI is InChI=1S/C25H22N2O2S2/c1-2-19(28)12-13-31-25(30)27-18-9-11-21-23(15-18)29-22-14-17(26)8-10-20(22)24(21)16-6-4-3-5-7-16/h3-11,14-15H,2,12-13,26H2,1H3. The van der Waals surface area contributed by atoms with E-state index in [9.17, 15) is 4.79 Å². The molecule has 0 radical (unpaired) electrons. The van der Waals surface area contributed by atoms with E-state index < -0.39 is 0 Å². The molecule has 31 heavy (non-hydrogen) atoms. The van der Waals surface area contributed by atoms with Crippen molar-refractivity contribution in [1.82, 2.24) is 0 Å². The third-order valence-corrected chi connectivity index (χ3v) is 6.20. The van der Waals surface area contributed by atoms with Crippen LogP contribution in [0.5, 0.6) is 0 Å². The molecular weight excluding hydrogens is 424 g/mol. The second-order valence-corrected chi connectivity index (χ2v) is 8.88. The quantitative estimate of drug-likeness (QED) is 0.229. The van der Waals surface area contributed by atoms with E-state index in [1.165, 1.54) is 11.8 Å². The lowest BCUT2D eigenvalue weighted by molar-refractivity contribution is -0.118. The number of nitrogen functional groups attached to an aromatic ring is 1. The Morgan fingerprint density at radius 2 is 1.90 bits per heavy atom. The Morgan fingerprint density at radius 1 is 1.10 bits per heavy atom. The molecule has 1 heterocycles. The molecule has 0 unspecified atom stereocenters. The number of fused-ring (bicyclic) bond motifs is 2. The summed E-state index contributed by atoms with van der Waals surface area (Å²) in [7, 11) is 0. The molecule has 2 aromatic carbocycles. The van der Waals surface area contributed by atoms with Crippen LogP contribution >= 0.6 is 24.0 Å². The Hall–Kier alpha value is -2.96. The molecule has 0 saturated carbocycles. The number of hydrogen-bond acceptors (Lipinski definition) is 5. The van der Waals surface area contributed by atoms with Crippen molar-refractivity contribution in [3.63, 3.8) is 0 Å². The van der Waals surface area contributed by atoms with Gasteiger partial charge in [-0.3, -0.25) is 4.79 Å². The number of nitrogens with zero attached hydrogens (tertiary/aromatic N) is 1. The van der Waals surface area contributed by atoms with Gasteiger partial charge in [-0.15, -0.1) is 0 Å². The Kier molecular flexibility index (Phi) is 6.49. The lowest BCUT2D eigenvalue weighted by atomic mass is 9.94. The first-order valence-electron chi connectivity index (χ1n) is 10.1. The fraction of sp³-hybridized carbons (Fsp3) is 0.160. The zero-order valence-corrected chi connectivity index (χ0v) is 18.8. The van der Waals surface area contributed by atoms with E-state index in [0.29, 0.717) is 34.4 Å². The van der Waals surface area contributed by atoms with Crippen LogP contribution in [0.3, 0.4) is 0 Å². The largest absolute Gasteiger partial charge is 0.456 e. The first-order chi connectivity index (χ1) is 15.0. The monoisotopic (exact) mass is 446 g/mol. The van der Waals surface area contributed by atoms with Crippen molar-refractivity contribution in [2.45, 2.75) is 19.8 Å². The molecule has 2 aliphatic rings. The summed E-state index contributed by atoms with van der Waals surface area (Å²) < 4.78 is 6.71. The number of ketones is 1. The van der Waals surface area contributed by atoms with E-state index in [4.69, 9.17) is 22.4 Å². The van der Waals surface area contributed by atoms with Gasteiger partial charge in [-0.1, -0.05) is 61.2 Å². The summed E-state index contributed by atoms with van der Waals surface area (Å²) in [4.78, 5) is 16.0. The number of anilines is 1. The molecule has 0 spiro atoms. The maximum Gasteiger partial charge on any atom is 0.160 e. The molecule has 4 nitrogen and oxygen atoms in total. The highest BCUT2D eigenvalue weighted by atomic mass is 32.2. The smallest absolute Gasteiger partial charge is 0.160 e. The molecule has 0 aromatic heterocycles. The second kappa shape index (κ2) is 9.45. The van der Waals surface area contributed by atoms with E-state index in [-0.39, 0.29) is 5.78 Å². The number of hydrogen-bond donors (Lipinski definition) is 1. The molecule has 4 rings (SSSR count). The van der Waals surface area contributed by atoms with Crippen molar-refractivity contribution >= 4 is 50.7 Å². The van der Waals surface area contributed by atoms with Gasteiger partial charge >= 0.3 is 0 Å². The number of rotatable bonds is 5. The SMILES string of the molecule is CCC(=O)CCSC(=S)N=c1ccc2c(-c3ccccc3)c3ccc(N)cc3oc-2c1. The maximum absolute atomic E-state index is 11.5. The summed E-state index contributed by atoms with van der Waals surface area (Å²) in [5, 5.41) is 1.72. The van der Waals surface area contributed by atoms with Crippen LogP contribution in [0.1, 0.15) is 19.8 Å². The van der Waals surface area contributed by atoms with Crippen molar-refractivity contribution < 1.29 is 9.21 Å².